The Morgan fingerprint density at radius 3 is 1.85 bits per heavy atom. The number of unbranched alkanes of at least 4 members (excludes halogenated alkanes) is 11. The van der Waals surface area contributed by atoms with E-state index in [1.54, 1.807) is 11.1 Å². The fourth-order valence-corrected chi connectivity index (χ4v) is 7.10. The largest absolute Gasteiger partial charge is 0.206 e. The van der Waals surface area contributed by atoms with Crippen molar-refractivity contribution >= 4 is 11.8 Å². The first-order valence-corrected chi connectivity index (χ1v) is 19.4. The lowest BCUT2D eigenvalue weighted by atomic mass is 9.91. The molecule has 47 heavy (non-hydrogen) atoms. The van der Waals surface area contributed by atoms with Crippen LogP contribution in [0.4, 0.5) is 5.69 Å². The molecule has 2 nitrogen and oxygen atoms in total. The van der Waals surface area contributed by atoms with Gasteiger partial charge in [-0.05, 0) is 121 Å². The highest BCUT2D eigenvalue weighted by atomic mass is 15.3. The van der Waals surface area contributed by atoms with Gasteiger partial charge in [-0.15, -0.1) is 0 Å². The molecule has 0 bridgehead atoms. The molecule has 0 aliphatic carbocycles. The van der Waals surface area contributed by atoms with Gasteiger partial charge in [0.15, 0.2) is 6.54 Å². The van der Waals surface area contributed by atoms with Gasteiger partial charge in [0, 0.05) is 13.0 Å². The van der Waals surface area contributed by atoms with Crippen LogP contribution in [-0.2, 0) is 19.3 Å². The molecule has 0 unspecified atom stereocenters. The highest BCUT2D eigenvalue weighted by Gasteiger charge is 2.15. The SMILES string of the molecule is CCCCCCCCc1cc(N=[N+](CC)C(C)=Cc2cc(C)c(CCCCCCCC)c(CCCC)c2)cc(C)c1-c1ccccc1. The fraction of sp³-hybridized carbons (Fsp3) is 0.556. The minimum Gasteiger partial charge on any atom is -0.0885 e. The van der Waals surface area contributed by atoms with E-state index in [4.69, 9.17) is 5.11 Å². The maximum Gasteiger partial charge on any atom is 0.206 e. The van der Waals surface area contributed by atoms with Gasteiger partial charge in [-0.25, -0.2) is 0 Å². The zero-order chi connectivity index (χ0) is 33.9. The lowest BCUT2D eigenvalue weighted by Crippen LogP contribution is -2.06. The summed E-state index contributed by atoms with van der Waals surface area (Å²) in [4.78, 5) is 0. The normalized spacial score (nSPS) is 12.2. The number of aryl methyl sites for hydroxylation is 4. The molecule has 3 aromatic rings. The van der Waals surface area contributed by atoms with Crippen molar-refractivity contribution in [2.75, 3.05) is 6.54 Å². The third kappa shape index (κ3) is 12.9. The van der Waals surface area contributed by atoms with Crippen molar-refractivity contribution in [1.29, 1.82) is 0 Å². The van der Waals surface area contributed by atoms with Gasteiger partial charge in [0.05, 0.1) is 0 Å². The summed E-state index contributed by atoms with van der Waals surface area (Å²) >= 11 is 0. The van der Waals surface area contributed by atoms with Crippen LogP contribution in [0.2, 0.25) is 0 Å². The molecule has 0 aliphatic rings. The van der Waals surface area contributed by atoms with Crippen molar-refractivity contribution in [3.63, 3.8) is 0 Å². The van der Waals surface area contributed by atoms with E-state index < -0.39 is 0 Å². The second-order valence-electron chi connectivity index (χ2n) is 13.9. The molecular weight excluding hydrogens is 569 g/mol. The van der Waals surface area contributed by atoms with Crippen LogP contribution in [0, 0.1) is 13.8 Å². The van der Waals surface area contributed by atoms with E-state index in [1.165, 1.54) is 142 Å². The van der Waals surface area contributed by atoms with Crippen molar-refractivity contribution in [2.24, 2.45) is 5.11 Å². The van der Waals surface area contributed by atoms with Crippen LogP contribution in [-0.4, -0.2) is 11.2 Å². The Hall–Kier alpha value is -3.00. The van der Waals surface area contributed by atoms with E-state index in [1.807, 2.05) is 0 Å². The summed E-state index contributed by atoms with van der Waals surface area (Å²) in [5.74, 6) is 0. The molecule has 0 aliphatic heterocycles. The first-order chi connectivity index (χ1) is 22.9. The number of hydrogen-bond acceptors (Lipinski definition) is 1. The molecule has 0 fully saturated rings. The minimum absolute atomic E-state index is 0.840. The average molecular weight is 636 g/mol. The predicted molar refractivity (Wildman–Crippen MR) is 207 cm³/mol. The summed E-state index contributed by atoms with van der Waals surface area (Å²) in [6.45, 7) is 16.8. The van der Waals surface area contributed by atoms with Gasteiger partial charge in [-0.1, -0.05) is 139 Å². The molecule has 0 aromatic heterocycles. The first kappa shape index (κ1) is 38.4. The molecule has 256 valence electrons. The van der Waals surface area contributed by atoms with E-state index >= 15 is 0 Å². The number of benzene rings is 3. The van der Waals surface area contributed by atoms with Gasteiger partial charge in [0.2, 0.25) is 5.70 Å². The lowest BCUT2D eigenvalue weighted by Gasteiger charge is -2.15. The Balaban J connectivity index is 1.88. The van der Waals surface area contributed by atoms with Crippen molar-refractivity contribution in [1.82, 2.24) is 0 Å². The van der Waals surface area contributed by atoms with Crippen LogP contribution in [0.3, 0.4) is 0 Å². The molecule has 0 atom stereocenters. The fourth-order valence-electron chi connectivity index (χ4n) is 7.10. The van der Waals surface area contributed by atoms with Gasteiger partial charge in [-0.2, -0.15) is 0 Å². The number of hydrogen-bond donors (Lipinski definition) is 0. The van der Waals surface area contributed by atoms with E-state index in [0.29, 0.717) is 0 Å². The van der Waals surface area contributed by atoms with Gasteiger partial charge in [-0.3, -0.25) is 0 Å². The number of azo groups is 2. The zero-order valence-corrected chi connectivity index (χ0v) is 31.4. The summed E-state index contributed by atoms with van der Waals surface area (Å²) in [6, 6.07) is 20.5. The number of allylic oxidation sites excluding steroid dienone is 1. The van der Waals surface area contributed by atoms with E-state index in [9.17, 15) is 0 Å². The first-order valence-electron chi connectivity index (χ1n) is 19.4. The summed E-state index contributed by atoms with van der Waals surface area (Å²) < 4.78 is 2.19. The Morgan fingerprint density at radius 2 is 1.21 bits per heavy atom. The van der Waals surface area contributed by atoms with E-state index in [0.717, 1.165) is 18.7 Å². The molecule has 0 saturated carbocycles. The maximum atomic E-state index is 5.25. The molecule has 3 aromatic carbocycles. The summed E-state index contributed by atoms with van der Waals surface area (Å²) in [7, 11) is 0. The van der Waals surface area contributed by atoms with Crippen LogP contribution in [0.25, 0.3) is 17.2 Å². The molecule has 0 saturated heterocycles. The number of rotatable bonds is 22. The average Bonchev–Trinajstić information content (AvgIpc) is 3.06. The number of nitrogens with zero attached hydrogens (tertiary/aromatic N) is 2. The third-order valence-corrected chi connectivity index (χ3v) is 9.75. The minimum atomic E-state index is 0.840. The summed E-state index contributed by atoms with van der Waals surface area (Å²) in [5, 5.41) is 5.25. The van der Waals surface area contributed by atoms with Crippen molar-refractivity contribution in [3.05, 3.63) is 93.7 Å². The van der Waals surface area contributed by atoms with Crippen LogP contribution >= 0.6 is 0 Å². The van der Waals surface area contributed by atoms with Gasteiger partial charge < -0.3 is 0 Å². The van der Waals surface area contributed by atoms with Gasteiger partial charge in [0.1, 0.15) is 5.69 Å². The molecule has 2 heteroatoms. The second-order valence-corrected chi connectivity index (χ2v) is 13.9. The standard InChI is InChI=1S/C45H67N2/c1-8-12-15-17-19-22-29-42-35-43(32-37(6)45(42)40-27-23-21-24-28-40)46-47(11-4)38(7)33-39-31-36(5)44(41(34-39)26-14-10-3)30-25-20-18-16-13-9-2/h21,23-24,27-28,31-35H,8-20,22,25-26,29-30H2,1-7H3/q+1. The quantitative estimate of drug-likeness (QED) is 0.0593. The molecule has 0 spiro atoms. The molecule has 0 radical (unpaired) electrons. The molecule has 3 rings (SSSR count). The third-order valence-electron chi connectivity index (χ3n) is 9.75. The van der Waals surface area contributed by atoms with Crippen molar-refractivity contribution < 1.29 is 4.70 Å². The molecule has 0 heterocycles. The lowest BCUT2D eigenvalue weighted by molar-refractivity contribution is -0.537. The van der Waals surface area contributed by atoms with Crippen molar-refractivity contribution in [2.45, 2.75) is 158 Å². The molecular formula is C45H67N2+. The van der Waals surface area contributed by atoms with Crippen LogP contribution in [0.15, 0.2) is 65.4 Å². The molecule has 0 N–H and O–H groups in total. The molecule has 0 amide bonds. The van der Waals surface area contributed by atoms with E-state index in [2.05, 4.69) is 114 Å². The predicted octanol–water partition coefficient (Wildman–Crippen LogP) is 14.3. The Labute approximate surface area is 289 Å². The van der Waals surface area contributed by atoms with Gasteiger partial charge >= 0.3 is 0 Å². The summed E-state index contributed by atoms with van der Waals surface area (Å²) in [5.41, 5.74) is 13.6. The monoisotopic (exact) mass is 636 g/mol. The maximum absolute atomic E-state index is 5.25. The highest BCUT2D eigenvalue weighted by molar-refractivity contribution is 5.73. The van der Waals surface area contributed by atoms with Gasteiger partial charge in [0.25, 0.3) is 0 Å². The Kier molecular flexibility index (Phi) is 17.8. The van der Waals surface area contributed by atoms with Crippen molar-refractivity contribution in [3.8, 4) is 11.1 Å². The van der Waals surface area contributed by atoms with Crippen LogP contribution in [0.1, 0.15) is 158 Å². The zero-order valence-electron chi connectivity index (χ0n) is 31.4. The smallest absolute Gasteiger partial charge is 0.0885 e. The van der Waals surface area contributed by atoms with Crippen LogP contribution < -0.4 is 0 Å². The highest BCUT2D eigenvalue weighted by Crippen LogP contribution is 2.33. The Morgan fingerprint density at radius 1 is 0.617 bits per heavy atom. The summed E-state index contributed by atoms with van der Waals surface area (Å²) in [6.07, 6.45) is 24.3. The van der Waals surface area contributed by atoms with E-state index in [-0.39, 0.29) is 0 Å². The second kappa shape index (κ2) is 21.8. The van der Waals surface area contributed by atoms with Crippen LogP contribution in [0.5, 0.6) is 0 Å². The topological polar surface area (TPSA) is 15.4 Å². The Bertz CT molecular complexity index is 1400.